The number of hydrogen-bond donors (Lipinski definition) is 0. The summed E-state index contributed by atoms with van der Waals surface area (Å²) < 4.78 is 5.35. The molecule has 0 fully saturated rings. The average molecular weight is 310 g/mol. The van der Waals surface area contributed by atoms with Gasteiger partial charge in [0.15, 0.2) is 22.3 Å². The molecule has 2 heterocycles. The summed E-state index contributed by atoms with van der Waals surface area (Å²) in [5, 5.41) is 1.20. The highest BCUT2D eigenvalue weighted by molar-refractivity contribution is 7.99. The molecular weight excluding hydrogens is 296 g/mol. The lowest BCUT2D eigenvalue weighted by Gasteiger charge is -2.05. The fraction of sp³-hybridized carbons (Fsp3) is 0.118. The first-order valence-corrected chi connectivity index (χ1v) is 7.61. The van der Waals surface area contributed by atoms with Crippen LogP contribution in [0.3, 0.4) is 0 Å². The minimum atomic E-state index is 0.300. The third-order valence-electron chi connectivity index (χ3n) is 3.09. The predicted molar refractivity (Wildman–Crippen MR) is 85.2 cm³/mol. The van der Waals surface area contributed by atoms with Crippen molar-refractivity contribution in [3.63, 3.8) is 0 Å². The molecule has 0 spiro atoms. The van der Waals surface area contributed by atoms with Gasteiger partial charge in [0.25, 0.3) is 0 Å². The molecule has 0 unspecified atom stereocenters. The van der Waals surface area contributed by atoms with Crippen molar-refractivity contribution >= 4 is 18.0 Å². The first-order chi connectivity index (χ1) is 10.6. The molecule has 2 aromatic heterocycles. The summed E-state index contributed by atoms with van der Waals surface area (Å²) in [6.45, 7) is 3.99. The molecule has 110 valence electrons. The highest BCUT2D eigenvalue weighted by Crippen LogP contribution is 2.28. The van der Waals surface area contributed by atoms with Gasteiger partial charge in [0.2, 0.25) is 0 Å². The molecule has 0 saturated heterocycles. The third-order valence-corrected chi connectivity index (χ3v) is 3.88. The SMILES string of the molecule is Cc1ccc(-c2cc(C)nc(Sc3ccc(C=O)o3)n2)cc1. The van der Waals surface area contributed by atoms with E-state index >= 15 is 0 Å². The highest BCUT2D eigenvalue weighted by Gasteiger charge is 2.09. The Morgan fingerprint density at radius 3 is 2.50 bits per heavy atom. The van der Waals surface area contributed by atoms with Crippen molar-refractivity contribution in [2.24, 2.45) is 0 Å². The summed E-state index contributed by atoms with van der Waals surface area (Å²) in [6, 6.07) is 13.5. The maximum Gasteiger partial charge on any atom is 0.196 e. The molecule has 3 rings (SSSR count). The van der Waals surface area contributed by atoms with Gasteiger partial charge in [-0.05, 0) is 43.8 Å². The van der Waals surface area contributed by atoms with Crippen LogP contribution < -0.4 is 0 Å². The monoisotopic (exact) mass is 310 g/mol. The fourth-order valence-electron chi connectivity index (χ4n) is 2.00. The van der Waals surface area contributed by atoms with Gasteiger partial charge < -0.3 is 4.42 Å². The van der Waals surface area contributed by atoms with Gasteiger partial charge in [-0.25, -0.2) is 9.97 Å². The maximum atomic E-state index is 10.7. The first-order valence-electron chi connectivity index (χ1n) is 6.79. The van der Waals surface area contributed by atoms with E-state index in [0.29, 0.717) is 22.3 Å². The molecule has 0 bridgehead atoms. The summed E-state index contributed by atoms with van der Waals surface area (Å²) in [5.74, 6) is 0.300. The first kappa shape index (κ1) is 14.5. The van der Waals surface area contributed by atoms with Crippen LogP contribution in [0.4, 0.5) is 0 Å². The van der Waals surface area contributed by atoms with Gasteiger partial charge in [0.05, 0.1) is 5.69 Å². The van der Waals surface area contributed by atoms with Crippen LogP contribution in [0.15, 0.2) is 57.1 Å². The molecule has 22 heavy (non-hydrogen) atoms. The van der Waals surface area contributed by atoms with Crippen LogP contribution in [0.5, 0.6) is 0 Å². The minimum Gasteiger partial charge on any atom is -0.447 e. The lowest BCUT2D eigenvalue weighted by Crippen LogP contribution is -1.93. The zero-order valence-electron chi connectivity index (χ0n) is 12.2. The van der Waals surface area contributed by atoms with Crippen LogP contribution in [0.2, 0.25) is 0 Å². The number of carbonyl (C=O) groups is 1. The van der Waals surface area contributed by atoms with Gasteiger partial charge in [-0.15, -0.1) is 0 Å². The van der Waals surface area contributed by atoms with Crippen molar-refractivity contribution in [3.05, 3.63) is 59.5 Å². The quantitative estimate of drug-likeness (QED) is 0.530. The second kappa shape index (κ2) is 6.15. The molecule has 3 aromatic rings. The molecule has 4 nitrogen and oxygen atoms in total. The predicted octanol–water partition coefficient (Wildman–Crippen LogP) is 4.32. The number of furan rings is 1. The van der Waals surface area contributed by atoms with E-state index in [1.54, 1.807) is 12.1 Å². The third kappa shape index (κ3) is 3.26. The summed E-state index contributed by atoms with van der Waals surface area (Å²) >= 11 is 1.30. The van der Waals surface area contributed by atoms with Gasteiger partial charge in [-0.3, -0.25) is 4.79 Å². The Bertz CT molecular complexity index is 810. The van der Waals surface area contributed by atoms with E-state index in [4.69, 9.17) is 4.42 Å². The Balaban J connectivity index is 1.92. The minimum absolute atomic E-state index is 0.300. The molecular formula is C17H14N2O2S. The Morgan fingerprint density at radius 1 is 1.05 bits per heavy atom. The smallest absolute Gasteiger partial charge is 0.196 e. The molecule has 0 aliphatic carbocycles. The van der Waals surface area contributed by atoms with E-state index in [0.717, 1.165) is 17.0 Å². The molecule has 5 heteroatoms. The molecule has 1 aromatic carbocycles. The number of aryl methyl sites for hydroxylation is 2. The van der Waals surface area contributed by atoms with E-state index in [1.165, 1.54) is 17.3 Å². The average Bonchev–Trinajstić information content (AvgIpc) is 2.95. The number of hydrogen-bond acceptors (Lipinski definition) is 5. The fourth-order valence-corrected chi connectivity index (χ4v) is 2.79. The zero-order chi connectivity index (χ0) is 15.5. The van der Waals surface area contributed by atoms with Crippen LogP contribution >= 0.6 is 11.8 Å². The lowest BCUT2D eigenvalue weighted by molar-refractivity contribution is 0.109. The standard InChI is InChI=1S/C17H14N2O2S/c1-11-3-5-13(6-4-11)15-9-12(2)18-17(19-15)22-16-8-7-14(10-20)21-16/h3-10H,1-2H3. The molecule has 0 aliphatic rings. The summed E-state index contributed by atoms with van der Waals surface area (Å²) in [7, 11) is 0. The van der Waals surface area contributed by atoms with Gasteiger partial charge in [-0.2, -0.15) is 0 Å². The summed E-state index contributed by atoms with van der Waals surface area (Å²) in [4.78, 5) is 19.6. The summed E-state index contributed by atoms with van der Waals surface area (Å²) in [6.07, 6.45) is 0.679. The van der Waals surface area contributed by atoms with E-state index in [-0.39, 0.29) is 0 Å². The van der Waals surface area contributed by atoms with Crippen molar-refractivity contribution in [3.8, 4) is 11.3 Å². The number of benzene rings is 1. The number of aromatic nitrogens is 2. The molecule has 0 aliphatic heterocycles. The van der Waals surface area contributed by atoms with E-state index in [1.807, 2.05) is 25.1 Å². The van der Waals surface area contributed by atoms with Gasteiger partial charge in [-0.1, -0.05) is 29.8 Å². The van der Waals surface area contributed by atoms with Crippen LogP contribution in [0, 0.1) is 13.8 Å². The maximum absolute atomic E-state index is 10.7. The second-order valence-corrected chi connectivity index (χ2v) is 5.89. The lowest BCUT2D eigenvalue weighted by atomic mass is 10.1. The van der Waals surface area contributed by atoms with Gasteiger partial charge in [0, 0.05) is 11.3 Å². The van der Waals surface area contributed by atoms with Crippen molar-refractivity contribution in [1.29, 1.82) is 0 Å². The second-order valence-electron chi connectivity index (χ2n) is 4.92. The van der Waals surface area contributed by atoms with Crippen LogP contribution in [0.25, 0.3) is 11.3 Å². The molecule has 0 amide bonds. The Hall–Kier alpha value is -2.40. The van der Waals surface area contributed by atoms with E-state index < -0.39 is 0 Å². The Kier molecular flexibility index (Phi) is 4.06. The van der Waals surface area contributed by atoms with Gasteiger partial charge in [0.1, 0.15) is 0 Å². The zero-order valence-corrected chi connectivity index (χ0v) is 13.1. The summed E-state index contributed by atoms with van der Waals surface area (Å²) in [5.41, 5.74) is 4.01. The number of aldehydes is 1. The topological polar surface area (TPSA) is 56.0 Å². The number of nitrogens with zero attached hydrogens (tertiary/aromatic N) is 2. The van der Waals surface area contributed by atoms with Crippen LogP contribution in [-0.2, 0) is 0 Å². The molecule has 0 saturated carbocycles. The molecule has 0 N–H and O–H groups in total. The number of rotatable bonds is 4. The van der Waals surface area contributed by atoms with Crippen LogP contribution in [0.1, 0.15) is 21.8 Å². The van der Waals surface area contributed by atoms with E-state index in [2.05, 4.69) is 29.0 Å². The molecule has 0 atom stereocenters. The van der Waals surface area contributed by atoms with Crippen LogP contribution in [-0.4, -0.2) is 16.3 Å². The van der Waals surface area contributed by atoms with Crippen molar-refractivity contribution in [1.82, 2.24) is 9.97 Å². The Morgan fingerprint density at radius 2 is 1.82 bits per heavy atom. The normalized spacial score (nSPS) is 10.6. The largest absolute Gasteiger partial charge is 0.447 e. The Labute approximate surface area is 132 Å². The molecule has 0 radical (unpaired) electrons. The van der Waals surface area contributed by atoms with Crippen molar-refractivity contribution in [2.75, 3.05) is 0 Å². The van der Waals surface area contributed by atoms with Gasteiger partial charge >= 0.3 is 0 Å². The van der Waals surface area contributed by atoms with E-state index in [9.17, 15) is 4.79 Å². The highest BCUT2D eigenvalue weighted by atomic mass is 32.2. The van der Waals surface area contributed by atoms with Crippen molar-refractivity contribution in [2.45, 2.75) is 24.1 Å². The number of carbonyl (C=O) groups excluding carboxylic acids is 1. The van der Waals surface area contributed by atoms with Crippen molar-refractivity contribution < 1.29 is 9.21 Å².